The average Bonchev–Trinajstić information content (AvgIpc) is 2.95. The zero-order valence-corrected chi connectivity index (χ0v) is 11.2. The molecule has 4 amide bonds. The van der Waals surface area contributed by atoms with E-state index in [1.165, 1.54) is 0 Å². The van der Waals surface area contributed by atoms with Crippen molar-refractivity contribution in [2.24, 2.45) is 7.05 Å². The van der Waals surface area contributed by atoms with Crippen LogP contribution in [0.1, 0.15) is 23.3 Å². The molecule has 7 nitrogen and oxygen atoms in total. The molecule has 1 aromatic heterocycles. The summed E-state index contributed by atoms with van der Waals surface area (Å²) in [6.45, 7) is 0.912. The highest BCUT2D eigenvalue weighted by Crippen LogP contribution is 2.26. The van der Waals surface area contributed by atoms with E-state index in [9.17, 15) is 14.4 Å². The number of piperidine rings is 1. The van der Waals surface area contributed by atoms with Crippen LogP contribution in [0.2, 0.25) is 0 Å². The van der Waals surface area contributed by atoms with Gasteiger partial charge in [-0.3, -0.25) is 14.9 Å². The van der Waals surface area contributed by atoms with Crippen molar-refractivity contribution < 1.29 is 14.4 Å². The Kier molecular flexibility index (Phi) is 2.77. The number of urea groups is 1. The first-order chi connectivity index (χ1) is 9.52. The molecule has 1 aromatic rings. The minimum Gasteiger partial charge on any atom is -0.347 e. The third-order valence-corrected chi connectivity index (χ3v) is 4.08. The van der Waals surface area contributed by atoms with Crippen LogP contribution in [-0.2, 0) is 11.8 Å². The van der Waals surface area contributed by atoms with Crippen molar-refractivity contribution >= 4 is 17.8 Å². The van der Waals surface area contributed by atoms with Crippen molar-refractivity contribution in [3.63, 3.8) is 0 Å². The topological polar surface area (TPSA) is 83.4 Å². The van der Waals surface area contributed by atoms with Crippen LogP contribution in [0.15, 0.2) is 18.3 Å². The molecule has 0 unspecified atom stereocenters. The fraction of sp³-hybridized carbons (Fsp3) is 0.462. The SMILES string of the molecule is Cn1cccc1C(=O)N1CCC2(CC1)NC(=O)NC2=O. The summed E-state index contributed by atoms with van der Waals surface area (Å²) in [5, 5.41) is 4.94. The third-order valence-electron chi connectivity index (χ3n) is 4.08. The quantitative estimate of drug-likeness (QED) is 0.699. The van der Waals surface area contributed by atoms with E-state index in [0.717, 1.165) is 0 Å². The fourth-order valence-electron chi connectivity index (χ4n) is 2.82. The Morgan fingerprint density at radius 1 is 1.30 bits per heavy atom. The van der Waals surface area contributed by atoms with Crippen LogP contribution in [0.4, 0.5) is 4.79 Å². The van der Waals surface area contributed by atoms with Gasteiger partial charge in [-0.2, -0.15) is 0 Å². The molecule has 2 aliphatic rings. The minimum absolute atomic E-state index is 0.0444. The molecule has 0 aromatic carbocycles. The minimum atomic E-state index is -0.831. The van der Waals surface area contributed by atoms with Crippen LogP contribution in [0.5, 0.6) is 0 Å². The van der Waals surface area contributed by atoms with Crippen molar-refractivity contribution in [2.75, 3.05) is 13.1 Å². The summed E-state index contributed by atoms with van der Waals surface area (Å²) in [4.78, 5) is 37.1. The second-order valence-electron chi connectivity index (χ2n) is 5.29. The summed E-state index contributed by atoms with van der Waals surface area (Å²) in [5.74, 6) is -0.328. The Morgan fingerprint density at radius 2 is 2.00 bits per heavy atom. The van der Waals surface area contributed by atoms with Crippen LogP contribution < -0.4 is 10.6 Å². The largest absolute Gasteiger partial charge is 0.347 e. The highest BCUT2D eigenvalue weighted by Gasteiger charge is 2.48. The number of hydrogen-bond acceptors (Lipinski definition) is 3. The number of carbonyl (C=O) groups is 3. The summed E-state index contributed by atoms with van der Waals surface area (Å²) in [6, 6.07) is 3.15. The highest BCUT2D eigenvalue weighted by atomic mass is 16.2. The van der Waals surface area contributed by atoms with Gasteiger partial charge in [0.2, 0.25) is 0 Å². The Labute approximate surface area is 115 Å². The van der Waals surface area contributed by atoms with Gasteiger partial charge in [-0.25, -0.2) is 4.79 Å². The summed E-state index contributed by atoms with van der Waals surface area (Å²) in [7, 11) is 1.82. The van der Waals surface area contributed by atoms with Crippen LogP contribution in [0.3, 0.4) is 0 Å². The van der Waals surface area contributed by atoms with Gasteiger partial charge in [0.05, 0.1) is 0 Å². The number of amides is 4. The number of nitrogens with zero attached hydrogens (tertiary/aromatic N) is 2. The lowest BCUT2D eigenvalue weighted by Crippen LogP contribution is -2.55. The summed E-state index contributed by atoms with van der Waals surface area (Å²) in [6.07, 6.45) is 2.71. The molecule has 0 atom stereocenters. The van der Waals surface area contributed by atoms with Crippen LogP contribution in [-0.4, -0.2) is 45.9 Å². The van der Waals surface area contributed by atoms with E-state index >= 15 is 0 Å². The van der Waals surface area contributed by atoms with E-state index in [0.29, 0.717) is 31.6 Å². The summed E-state index contributed by atoms with van der Waals surface area (Å²) in [5.41, 5.74) is -0.205. The maximum absolute atomic E-state index is 12.3. The van der Waals surface area contributed by atoms with Crippen LogP contribution in [0.25, 0.3) is 0 Å². The van der Waals surface area contributed by atoms with Crippen molar-refractivity contribution in [1.29, 1.82) is 0 Å². The lowest BCUT2D eigenvalue weighted by Gasteiger charge is -2.36. The summed E-state index contributed by atoms with van der Waals surface area (Å²) < 4.78 is 1.77. The first kappa shape index (κ1) is 12.7. The van der Waals surface area contributed by atoms with Gasteiger partial charge in [-0.15, -0.1) is 0 Å². The maximum Gasteiger partial charge on any atom is 0.322 e. The van der Waals surface area contributed by atoms with E-state index in [4.69, 9.17) is 0 Å². The molecule has 1 spiro atoms. The third kappa shape index (κ3) is 1.86. The van der Waals surface area contributed by atoms with Crippen molar-refractivity contribution in [3.8, 4) is 0 Å². The number of imide groups is 1. The average molecular weight is 276 g/mol. The molecule has 0 bridgehead atoms. The molecule has 3 rings (SSSR count). The van der Waals surface area contributed by atoms with Gasteiger partial charge in [-0.1, -0.05) is 0 Å². The fourth-order valence-corrected chi connectivity index (χ4v) is 2.82. The Balaban J connectivity index is 1.70. The molecule has 2 N–H and O–H groups in total. The van der Waals surface area contributed by atoms with Crippen molar-refractivity contribution in [3.05, 3.63) is 24.0 Å². The van der Waals surface area contributed by atoms with Gasteiger partial charge in [0.1, 0.15) is 11.2 Å². The molecule has 20 heavy (non-hydrogen) atoms. The molecule has 2 aliphatic heterocycles. The van der Waals surface area contributed by atoms with E-state index in [-0.39, 0.29) is 11.8 Å². The van der Waals surface area contributed by atoms with Crippen molar-refractivity contribution in [2.45, 2.75) is 18.4 Å². The maximum atomic E-state index is 12.3. The first-order valence-corrected chi connectivity index (χ1v) is 6.56. The van der Waals surface area contributed by atoms with Gasteiger partial charge in [-0.05, 0) is 25.0 Å². The molecular formula is C13H16N4O3. The van der Waals surface area contributed by atoms with Gasteiger partial charge in [0.15, 0.2) is 0 Å². The molecule has 3 heterocycles. The number of carbonyl (C=O) groups excluding carboxylic acids is 3. The Hall–Kier alpha value is -2.31. The second-order valence-corrected chi connectivity index (χ2v) is 5.29. The lowest BCUT2D eigenvalue weighted by atomic mass is 9.87. The molecule has 0 saturated carbocycles. The van der Waals surface area contributed by atoms with Gasteiger partial charge in [0, 0.05) is 26.3 Å². The van der Waals surface area contributed by atoms with E-state index in [2.05, 4.69) is 10.6 Å². The van der Waals surface area contributed by atoms with E-state index in [1.54, 1.807) is 15.5 Å². The molecule has 2 saturated heterocycles. The van der Waals surface area contributed by atoms with Crippen LogP contribution in [0, 0.1) is 0 Å². The number of rotatable bonds is 1. The molecule has 0 radical (unpaired) electrons. The highest BCUT2D eigenvalue weighted by molar-refractivity contribution is 6.07. The molecule has 7 heteroatoms. The first-order valence-electron chi connectivity index (χ1n) is 6.56. The number of nitrogens with one attached hydrogen (secondary N) is 2. The lowest BCUT2D eigenvalue weighted by molar-refractivity contribution is -0.125. The zero-order chi connectivity index (χ0) is 14.3. The predicted molar refractivity (Wildman–Crippen MR) is 70.0 cm³/mol. The smallest absolute Gasteiger partial charge is 0.322 e. The van der Waals surface area contributed by atoms with Crippen LogP contribution >= 0.6 is 0 Å². The standard InChI is InChI=1S/C13H16N4O3/c1-16-6-2-3-9(16)10(18)17-7-4-13(5-8-17)11(19)14-12(20)15-13/h2-3,6H,4-5,7-8H2,1H3,(H2,14,15,19,20). The monoisotopic (exact) mass is 276 g/mol. The molecule has 2 fully saturated rings. The predicted octanol–water partition coefficient (Wildman–Crippen LogP) is -0.161. The van der Waals surface area contributed by atoms with E-state index in [1.807, 2.05) is 19.3 Å². The number of aryl methyl sites for hydroxylation is 1. The second kappa shape index (κ2) is 4.36. The van der Waals surface area contributed by atoms with Gasteiger partial charge in [0.25, 0.3) is 11.8 Å². The number of aromatic nitrogens is 1. The molecule has 106 valence electrons. The van der Waals surface area contributed by atoms with Crippen molar-refractivity contribution in [1.82, 2.24) is 20.1 Å². The zero-order valence-electron chi connectivity index (χ0n) is 11.2. The Bertz CT molecular complexity index is 584. The summed E-state index contributed by atoms with van der Waals surface area (Å²) >= 11 is 0. The molecule has 0 aliphatic carbocycles. The molecular weight excluding hydrogens is 260 g/mol. The number of likely N-dealkylation sites (tertiary alicyclic amines) is 1. The number of hydrogen-bond donors (Lipinski definition) is 2. The van der Waals surface area contributed by atoms with E-state index < -0.39 is 11.6 Å². The Morgan fingerprint density at radius 3 is 2.50 bits per heavy atom. The van der Waals surface area contributed by atoms with Gasteiger partial charge < -0.3 is 14.8 Å². The van der Waals surface area contributed by atoms with Gasteiger partial charge >= 0.3 is 6.03 Å². The normalized spacial score (nSPS) is 20.9.